The Bertz CT molecular complexity index is 467. The lowest BCUT2D eigenvalue weighted by Crippen LogP contribution is -2.43. The first kappa shape index (κ1) is 16.8. The Morgan fingerprint density at radius 1 is 1.36 bits per heavy atom. The molecule has 0 amide bonds. The average Bonchev–Trinajstić information content (AvgIpc) is 2.53. The van der Waals surface area contributed by atoms with E-state index in [0.717, 1.165) is 43.8 Å². The molecule has 1 aliphatic heterocycles. The normalized spacial score (nSPS) is 18.1. The summed E-state index contributed by atoms with van der Waals surface area (Å²) in [6, 6.07) is 7.04. The molecule has 2 N–H and O–H groups in total. The van der Waals surface area contributed by atoms with Gasteiger partial charge >= 0.3 is 5.97 Å². The molecule has 1 fully saturated rings. The van der Waals surface area contributed by atoms with Gasteiger partial charge in [-0.2, -0.15) is 0 Å². The zero-order valence-corrected chi connectivity index (χ0v) is 13.4. The van der Waals surface area contributed by atoms with Crippen LogP contribution in [0.25, 0.3) is 0 Å². The Morgan fingerprint density at radius 3 is 2.55 bits per heavy atom. The van der Waals surface area contributed by atoms with E-state index in [0.29, 0.717) is 12.3 Å². The van der Waals surface area contributed by atoms with Crippen LogP contribution in [0.3, 0.4) is 0 Å². The highest BCUT2D eigenvalue weighted by Crippen LogP contribution is 2.16. The van der Waals surface area contributed by atoms with E-state index in [1.54, 1.807) is 7.11 Å². The number of nitrogens with zero attached hydrogens (tertiary/aromatic N) is 1. The summed E-state index contributed by atoms with van der Waals surface area (Å²) in [5.41, 5.74) is 1.00. The summed E-state index contributed by atoms with van der Waals surface area (Å²) in [6.07, 6.45) is 2.77. The van der Waals surface area contributed by atoms with Gasteiger partial charge in [-0.3, -0.25) is 4.79 Å². The second-order valence-corrected chi connectivity index (χ2v) is 6.10. The molecule has 0 unspecified atom stereocenters. The molecule has 0 aliphatic carbocycles. The molecular weight excluding hydrogens is 280 g/mol. The highest BCUT2D eigenvalue weighted by Gasteiger charge is 2.21. The Balaban J connectivity index is 1.85. The van der Waals surface area contributed by atoms with Crippen molar-refractivity contribution in [2.75, 3.05) is 33.8 Å². The number of benzene rings is 1. The van der Waals surface area contributed by atoms with Gasteiger partial charge in [-0.25, -0.2) is 0 Å². The van der Waals surface area contributed by atoms with Crippen LogP contribution in [0.1, 0.15) is 18.4 Å². The van der Waals surface area contributed by atoms with E-state index in [2.05, 4.69) is 17.3 Å². The van der Waals surface area contributed by atoms with Crippen molar-refractivity contribution in [2.24, 2.45) is 5.92 Å². The standard InChI is InChI=1S/C17H26N2O3/c1-19-9-7-14(8-10-19)12-18-16(17(20)21)11-13-3-5-15(22-2)6-4-13/h3-6,14,16,18H,7-12H2,1-2H3,(H,20,21)/t16-/m0/s1. The second-order valence-electron chi connectivity index (χ2n) is 6.10. The first-order valence-corrected chi connectivity index (χ1v) is 7.86. The predicted molar refractivity (Wildman–Crippen MR) is 86.3 cm³/mol. The number of nitrogens with one attached hydrogen (secondary N) is 1. The highest BCUT2D eigenvalue weighted by atomic mass is 16.5. The van der Waals surface area contributed by atoms with E-state index < -0.39 is 12.0 Å². The number of aliphatic carboxylic acids is 1. The fourth-order valence-corrected chi connectivity index (χ4v) is 2.82. The molecule has 2 rings (SSSR count). The lowest BCUT2D eigenvalue weighted by atomic mass is 9.96. The molecule has 0 aromatic heterocycles. The van der Waals surface area contributed by atoms with Crippen molar-refractivity contribution in [1.29, 1.82) is 0 Å². The van der Waals surface area contributed by atoms with Crippen molar-refractivity contribution in [2.45, 2.75) is 25.3 Å². The second kappa shape index (κ2) is 8.15. The molecule has 1 atom stereocenters. The molecule has 122 valence electrons. The molecule has 1 aliphatic rings. The van der Waals surface area contributed by atoms with Crippen molar-refractivity contribution in [3.05, 3.63) is 29.8 Å². The van der Waals surface area contributed by atoms with Gasteiger partial charge in [-0.1, -0.05) is 12.1 Å². The number of methoxy groups -OCH3 is 1. The topological polar surface area (TPSA) is 61.8 Å². The summed E-state index contributed by atoms with van der Waals surface area (Å²) in [5.74, 6) is 0.576. The van der Waals surface area contributed by atoms with Gasteiger partial charge in [0.05, 0.1) is 7.11 Å². The van der Waals surface area contributed by atoms with Gasteiger partial charge in [-0.05, 0) is 69.6 Å². The van der Waals surface area contributed by atoms with Crippen LogP contribution in [0.4, 0.5) is 0 Å². The van der Waals surface area contributed by atoms with Crippen LogP contribution in [0.15, 0.2) is 24.3 Å². The van der Waals surface area contributed by atoms with Crippen LogP contribution in [0, 0.1) is 5.92 Å². The molecule has 5 heteroatoms. The van der Waals surface area contributed by atoms with Crippen molar-refractivity contribution in [1.82, 2.24) is 10.2 Å². The summed E-state index contributed by atoms with van der Waals surface area (Å²) in [5, 5.41) is 12.6. The van der Waals surface area contributed by atoms with Crippen molar-refractivity contribution < 1.29 is 14.6 Å². The van der Waals surface area contributed by atoms with Gasteiger partial charge in [0.15, 0.2) is 0 Å². The number of piperidine rings is 1. The largest absolute Gasteiger partial charge is 0.497 e. The lowest BCUT2D eigenvalue weighted by molar-refractivity contribution is -0.139. The van der Waals surface area contributed by atoms with Gasteiger partial charge < -0.3 is 20.1 Å². The van der Waals surface area contributed by atoms with Crippen LogP contribution in [0.2, 0.25) is 0 Å². The molecule has 1 heterocycles. The number of carbonyl (C=O) groups is 1. The van der Waals surface area contributed by atoms with Gasteiger partial charge in [-0.15, -0.1) is 0 Å². The molecule has 0 saturated carbocycles. The van der Waals surface area contributed by atoms with E-state index in [-0.39, 0.29) is 0 Å². The Morgan fingerprint density at radius 2 is 2.00 bits per heavy atom. The van der Waals surface area contributed by atoms with E-state index in [1.165, 1.54) is 0 Å². The fourth-order valence-electron chi connectivity index (χ4n) is 2.82. The van der Waals surface area contributed by atoms with Crippen LogP contribution < -0.4 is 10.1 Å². The van der Waals surface area contributed by atoms with Crippen LogP contribution in [-0.2, 0) is 11.2 Å². The van der Waals surface area contributed by atoms with E-state index in [9.17, 15) is 9.90 Å². The molecule has 1 saturated heterocycles. The van der Waals surface area contributed by atoms with E-state index in [1.807, 2.05) is 24.3 Å². The SMILES string of the molecule is COc1ccc(C[C@H](NCC2CCN(C)CC2)C(=O)O)cc1. The number of carboxylic acids is 1. The fraction of sp³-hybridized carbons (Fsp3) is 0.588. The number of likely N-dealkylation sites (tertiary alicyclic amines) is 1. The maximum Gasteiger partial charge on any atom is 0.321 e. The minimum absolute atomic E-state index is 0.492. The van der Waals surface area contributed by atoms with Gasteiger partial charge in [0.1, 0.15) is 11.8 Å². The average molecular weight is 306 g/mol. The van der Waals surface area contributed by atoms with Crippen molar-refractivity contribution in [3.63, 3.8) is 0 Å². The molecule has 1 aromatic carbocycles. The van der Waals surface area contributed by atoms with Gasteiger partial charge in [0, 0.05) is 0 Å². The lowest BCUT2D eigenvalue weighted by Gasteiger charge is -2.29. The highest BCUT2D eigenvalue weighted by molar-refractivity contribution is 5.73. The van der Waals surface area contributed by atoms with Crippen LogP contribution >= 0.6 is 0 Å². The first-order chi connectivity index (χ1) is 10.6. The minimum atomic E-state index is -0.788. The molecule has 0 radical (unpaired) electrons. The van der Waals surface area contributed by atoms with Gasteiger partial charge in [0.25, 0.3) is 0 Å². The predicted octanol–water partition coefficient (Wildman–Crippen LogP) is 1.62. The first-order valence-electron chi connectivity index (χ1n) is 7.86. The molecule has 1 aromatic rings. The smallest absolute Gasteiger partial charge is 0.321 e. The van der Waals surface area contributed by atoms with Crippen molar-refractivity contribution >= 4 is 5.97 Å². The molecular formula is C17H26N2O3. The summed E-state index contributed by atoms with van der Waals surface area (Å²) >= 11 is 0. The zero-order valence-electron chi connectivity index (χ0n) is 13.4. The molecule has 5 nitrogen and oxygen atoms in total. The third kappa shape index (κ3) is 5.00. The van der Waals surface area contributed by atoms with Gasteiger partial charge in [0.2, 0.25) is 0 Å². The number of rotatable bonds is 7. The Hall–Kier alpha value is -1.59. The maximum absolute atomic E-state index is 11.5. The monoisotopic (exact) mass is 306 g/mol. The summed E-state index contributed by atoms with van der Waals surface area (Å²) in [6.45, 7) is 2.98. The van der Waals surface area contributed by atoms with Crippen LogP contribution in [0.5, 0.6) is 5.75 Å². The van der Waals surface area contributed by atoms with E-state index in [4.69, 9.17) is 4.74 Å². The Labute approximate surface area is 132 Å². The zero-order chi connectivity index (χ0) is 15.9. The maximum atomic E-state index is 11.5. The summed E-state index contributed by atoms with van der Waals surface area (Å²) in [4.78, 5) is 13.8. The molecule has 0 bridgehead atoms. The number of hydrogen-bond donors (Lipinski definition) is 2. The van der Waals surface area contributed by atoms with Crippen molar-refractivity contribution in [3.8, 4) is 5.75 Å². The van der Waals surface area contributed by atoms with Crippen LogP contribution in [-0.4, -0.2) is 55.8 Å². The third-order valence-corrected chi connectivity index (χ3v) is 4.39. The summed E-state index contributed by atoms with van der Waals surface area (Å²) < 4.78 is 5.12. The minimum Gasteiger partial charge on any atom is -0.497 e. The molecule has 22 heavy (non-hydrogen) atoms. The number of carboxylic acid groups (broad SMARTS) is 1. The quantitative estimate of drug-likeness (QED) is 0.801. The van der Waals surface area contributed by atoms with E-state index >= 15 is 0 Å². The number of ether oxygens (including phenoxy) is 1. The third-order valence-electron chi connectivity index (χ3n) is 4.39. The Kier molecular flexibility index (Phi) is 6.21. The number of hydrogen-bond acceptors (Lipinski definition) is 4. The summed E-state index contributed by atoms with van der Waals surface area (Å²) in [7, 11) is 3.76. The molecule has 0 spiro atoms.